The number of benzene rings is 1. The summed E-state index contributed by atoms with van der Waals surface area (Å²) in [6, 6.07) is 8.30. The number of aliphatic hydroxyl groups excluding tert-OH is 1. The van der Waals surface area contributed by atoms with E-state index in [4.69, 9.17) is 5.11 Å². The standard InChI is InChI=1S/C11H13F2NO/c1-8(11(12)13)14-10(7-15)9-5-3-2-4-6-9/h2-6,10-11,15H,7H2,1H3/t10-/m0/s1. The molecule has 1 aromatic rings. The maximum atomic E-state index is 12.2. The quantitative estimate of drug-likeness (QED) is 0.765. The molecule has 0 spiro atoms. The summed E-state index contributed by atoms with van der Waals surface area (Å²) in [7, 11) is 0. The lowest BCUT2D eigenvalue weighted by molar-refractivity contribution is 0.221. The van der Waals surface area contributed by atoms with Crippen LogP contribution in [0.5, 0.6) is 0 Å². The molecule has 0 amide bonds. The predicted octanol–water partition coefficient (Wildman–Crippen LogP) is 2.45. The molecule has 15 heavy (non-hydrogen) atoms. The zero-order valence-corrected chi connectivity index (χ0v) is 8.40. The van der Waals surface area contributed by atoms with Gasteiger partial charge in [0.25, 0.3) is 6.43 Å². The van der Waals surface area contributed by atoms with Gasteiger partial charge in [-0.25, -0.2) is 8.78 Å². The van der Waals surface area contributed by atoms with Crippen molar-refractivity contribution in [3.63, 3.8) is 0 Å². The lowest BCUT2D eigenvalue weighted by atomic mass is 10.1. The van der Waals surface area contributed by atoms with E-state index >= 15 is 0 Å². The van der Waals surface area contributed by atoms with Crippen LogP contribution >= 0.6 is 0 Å². The molecule has 4 heteroatoms. The van der Waals surface area contributed by atoms with Crippen molar-refractivity contribution < 1.29 is 13.9 Å². The van der Waals surface area contributed by atoms with Gasteiger partial charge in [0.05, 0.1) is 18.4 Å². The smallest absolute Gasteiger partial charge is 0.275 e. The summed E-state index contributed by atoms with van der Waals surface area (Å²) in [5.74, 6) is 0. The van der Waals surface area contributed by atoms with Crippen LogP contribution in [-0.2, 0) is 0 Å². The van der Waals surface area contributed by atoms with E-state index in [0.717, 1.165) is 5.56 Å². The number of aliphatic hydroxyl groups is 1. The van der Waals surface area contributed by atoms with E-state index in [1.54, 1.807) is 24.3 Å². The molecule has 2 nitrogen and oxygen atoms in total. The van der Waals surface area contributed by atoms with Crippen LogP contribution in [0.3, 0.4) is 0 Å². The summed E-state index contributed by atoms with van der Waals surface area (Å²) >= 11 is 0. The van der Waals surface area contributed by atoms with Gasteiger partial charge in [-0.3, -0.25) is 4.99 Å². The summed E-state index contributed by atoms with van der Waals surface area (Å²) in [5.41, 5.74) is 0.484. The van der Waals surface area contributed by atoms with Crippen molar-refractivity contribution in [3.05, 3.63) is 35.9 Å². The largest absolute Gasteiger partial charge is 0.394 e. The average molecular weight is 213 g/mol. The van der Waals surface area contributed by atoms with Gasteiger partial charge in [0.2, 0.25) is 0 Å². The van der Waals surface area contributed by atoms with E-state index in [9.17, 15) is 8.78 Å². The number of alkyl halides is 2. The first-order valence-electron chi connectivity index (χ1n) is 4.63. The van der Waals surface area contributed by atoms with Gasteiger partial charge in [-0.05, 0) is 12.5 Å². The SMILES string of the molecule is CC(=N[C@@H](CO)c1ccccc1)C(F)F. The Morgan fingerprint density at radius 1 is 1.33 bits per heavy atom. The molecule has 0 aromatic heterocycles. The number of rotatable bonds is 4. The van der Waals surface area contributed by atoms with Crippen molar-refractivity contribution in [2.75, 3.05) is 6.61 Å². The van der Waals surface area contributed by atoms with Crippen LogP contribution in [0.25, 0.3) is 0 Å². The molecule has 0 saturated carbocycles. The van der Waals surface area contributed by atoms with Gasteiger partial charge in [-0.15, -0.1) is 0 Å². The summed E-state index contributed by atoms with van der Waals surface area (Å²) in [6.07, 6.45) is -2.57. The van der Waals surface area contributed by atoms with Gasteiger partial charge in [-0.2, -0.15) is 0 Å². The number of aliphatic imine (C=N–C) groups is 1. The lowest BCUT2D eigenvalue weighted by Gasteiger charge is -2.11. The zero-order chi connectivity index (χ0) is 11.3. The highest BCUT2D eigenvalue weighted by Gasteiger charge is 2.12. The predicted molar refractivity (Wildman–Crippen MR) is 55.4 cm³/mol. The highest BCUT2D eigenvalue weighted by Crippen LogP contribution is 2.17. The van der Waals surface area contributed by atoms with Crippen molar-refractivity contribution in [1.29, 1.82) is 0 Å². The molecule has 0 radical (unpaired) electrons. The Balaban J connectivity index is 2.86. The van der Waals surface area contributed by atoms with Gasteiger partial charge in [-0.1, -0.05) is 30.3 Å². The van der Waals surface area contributed by atoms with E-state index in [1.807, 2.05) is 6.07 Å². The van der Waals surface area contributed by atoms with E-state index in [-0.39, 0.29) is 12.3 Å². The fourth-order valence-corrected chi connectivity index (χ4v) is 1.20. The second-order valence-corrected chi connectivity index (χ2v) is 3.18. The average Bonchev–Trinajstić information content (AvgIpc) is 2.26. The Bertz CT molecular complexity index is 325. The molecule has 1 N–H and O–H groups in total. The normalized spacial score (nSPS) is 14.3. The topological polar surface area (TPSA) is 32.6 Å². The highest BCUT2D eigenvalue weighted by molar-refractivity contribution is 5.85. The molecule has 82 valence electrons. The van der Waals surface area contributed by atoms with Crippen molar-refractivity contribution in [3.8, 4) is 0 Å². The summed E-state index contributed by atoms with van der Waals surface area (Å²) in [4.78, 5) is 3.78. The summed E-state index contributed by atoms with van der Waals surface area (Å²) in [5, 5.41) is 9.06. The Morgan fingerprint density at radius 3 is 2.40 bits per heavy atom. The molecule has 0 bridgehead atoms. The molecule has 0 aliphatic rings. The van der Waals surface area contributed by atoms with Crippen molar-refractivity contribution >= 4 is 5.71 Å². The third-order valence-corrected chi connectivity index (χ3v) is 2.03. The summed E-state index contributed by atoms with van der Waals surface area (Å²) in [6.45, 7) is 0.990. The van der Waals surface area contributed by atoms with Gasteiger partial charge in [0, 0.05) is 0 Å². The molecular formula is C11H13F2NO. The molecular weight excluding hydrogens is 200 g/mol. The number of nitrogens with zero attached hydrogens (tertiary/aromatic N) is 1. The van der Waals surface area contributed by atoms with Crippen molar-refractivity contribution in [2.45, 2.75) is 19.4 Å². The molecule has 0 saturated heterocycles. The van der Waals surface area contributed by atoms with E-state index < -0.39 is 12.5 Å². The van der Waals surface area contributed by atoms with Gasteiger partial charge in [0.15, 0.2) is 0 Å². The monoisotopic (exact) mass is 213 g/mol. The Hall–Kier alpha value is -1.29. The second-order valence-electron chi connectivity index (χ2n) is 3.18. The first-order valence-corrected chi connectivity index (χ1v) is 4.63. The van der Waals surface area contributed by atoms with Crippen LogP contribution in [0.2, 0.25) is 0 Å². The van der Waals surface area contributed by atoms with E-state index in [0.29, 0.717) is 0 Å². The Kier molecular flexibility index (Phi) is 4.37. The highest BCUT2D eigenvalue weighted by atomic mass is 19.3. The number of hydrogen-bond donors (Lipinski definition) is 1. The first kappa shape index (κ1) is 11.8. The number of halogens is 2. The fourth-order valence-electron chi connectivity index (χ4n) is 1.20. The molecule has 0 aliphatic carbocycles. The molecule has 0 unspecified atom stereocenters. The van der Waals surface area contributed by atoms with Crippen LogP contribution in [0.4, 0.5) is 8.78 Å². The minimum absolute atomic E-state index is 0.252. The minimum Gasteiger partial charge on any atom is -0.394 e. The van der Waals surface area contributed by atoms with Crippen molar-refractivity contribution in [2.24, 2.45) is 4.99 Å². The molecule has 1 atom stereocenters. The second kappa shape index (κ2) is 5.56. The van der Waals surface area contributed by atoms with Crippen LogP contribution in [0.15, 0.2) is 35.3 Å². The van der Waals surface area contributed by atoms with E-state index in [1.165, 1.54) is 6.92 Å². The lowest BCUT2D eigenvalue weighted by Crippen LogP contribution is -2.10. The molecule has 1 aromatic carbocycles. The van der Waals surface area contributed by atoms with Crippen LogP contribution in [0, 0.1) is 0 Å². The fraction of sp³-hybridized carbons (Fsp3) is 0.364. The minimum atomic E-state index is -2.57. The van der Waals surface area contributed by atoms with Crippen LogP contribution in [-0.4, -0.2) is 23.9 Å². The van der Waals surface area contributed by atoms with Crippen molar-refractivity contribution in [1.82, 2.24) is 0 Å². The number of hydrogen-bond acceptors (Lipinski definition) is 2. The van der Waals surface area contributed by atoms with Gasteiger partial charge in [0.1, 0.15) is 0 Å². The van der Waals surface area contributed by atoms with Crippen LogP contribution in [0.1, 0.15) is 18.5 Å². The van der Waals surface area contributed by atoms with Gasteiger partial charge < -0.3 is 5.11 Å². The summed E-state index contributed by atoms with van der Waals surface area (Å²) < 4.78 is 24.5. The third kappa shape index (κ3) is 3.40. The van der Waals surface area contributed by atoms with E-state index in [2.05, 4.69) is 4.99 Å². The Labute approximate surface area is 87.3 Å². The molecule has 1 rings (SSSR count). The molecule has 0 heterocycles. The maximum Gasteiger partial charge on any atom is 0.275 e. The zero-order valence-electron chi connectivity index (χ0n) is 8.40. The molecule has 0 aliphatic heterocycles. The maximum absolute atomic E-state index is 12.2. The van der Waals surface area contributed by atoms with Gasteiger partial charge >= 0.3 is 0 Å². The van der Waals surface area contributed by atoms with Crippen LogP contribution < -0.4 is 0 Å². The Morgan fingerprint density at radius 2 is 1.93 bits per heavy atom. The molecule has 0 fully saturated rings. The first-order chi connectivity index (χ1) is 7.15. The third-order valence-electron chi connectivity index (χ3n) is 2.03.